The number of carbonyl (C=O) groups is 1. The summed E-state index contributed by atoms with van der Waals surface area (Å²) in [5.41, 5.74) is 0. The van der Waals surface area contributed by atoms with Gasteiger partial charge in [0.1, 0.15) is 0 Å². The van der Waals surface area contributed by atoms with E-state index in [2.05, 4.69) is 13.8 Å². The van der Waals surface area contributed by atoms with Crippen LogP contribution in [0.1, 0.15) is 59.3 Å². The molecular weight excluding hydrogens is 216 g/mol. The lowest BCUT2D eigenvalue weighted by atomic mass is 9.99. The van der Waals surface area contributed by atoms with Crippen LogP contribution in [0.2, 0.25) is 0 Å². The first-order valence-corrected chi connectivity index (χ1v) is 6.88. The second kappa shape index (κ2) is 10.6. The van der Waals surface area contributed by atoms with E-state index >= 15 is 0 Å². The van der Waals surface area contributed by atoms with E-state index in [1.54, 1.807) is 0 Å². The van der Waals surface area contributed by atoms with Crippen LogP contribution in [0.4, 0.5) is 0 Å². The molecule has 102 valence electrons. The first-order valence-electron chi connectivity index (χ1n) is 6.88. The average molecular weight is 244 g/mol. The van der Waals surface area contributed by atoms with Gasteiger partial charge in [0.05, 0.1) is 12.5 Å². The van der Waals surface area contributed by atoms with Crippen LogP contribution < -0.4 is 0 Å². The van der Waals surface area contributed by atoms with Crippen LogP contribution in [0.15, 0.2) is 0 Å². The second-order valence-electron chi connectivity index (χ2n) is 5.14. The topological polar surface area (TPSA) is 46.5 Å². The number of aliphatic carboxylic acids is 1. The Balaban J connectivity index is 3.59. The van der Waals surface area contributed by atoms with Crippen LogP contribution in [0.25, 0.3) is 0 Å². The minimum Gasteiger partial charge on any atom is -0.481 e. The number of hydrogen-bond donors (Lipinski definition) is 1. The molecule has 1 atom stereocenters. The fraction of sp³-hybridized carbons (Fsp3) is 0.929. The molecule has 0 fully saturated rings. The molecule has 0 saturated carbocycles. The molecule has 0 rings (SSSR count). The first kappa shape index (κ1) is 16.4. The molecule has 0 amide bonds. The van der Waals surface area contributed by atoms with Crippen molar-refractivity contribution >= 4 is 5.97 Å². The maximum Gasteiger partial charge on any atom is 0.308 e. The number of ether oxygens (including phenoxy) is 1. The Morgan fingerprint density at radius 3 is 2.35 bits per heavy atom. The second-order valence-corrected chi connectivity index (χ2v) is 5.14. The SMILES string of the molecule is CCCOCC(CCCCCC(C)C)C(=O)O. The molecule has 0 bridgehead atoms. The van der Waals surface area contributed by atoms with Crippen molar-refractivity contribution in [1.82, 2.24) is 0 Å². The summed E-state index contributed by atoms with van der Waals surface area (Å²) in [7, 11) is 0. The van der Waals surface area contributed by atoms with E-state index in [1.807, 2.05) is 6.92 Å². The lowest BCUT2D eigenvalue weighted by molar-refractivity contribution is -0.144. The molecule has 0 aliphatic rings. The molecule has 0 radical (unpaired) electrons. The predicted octanol–water partition coefficient (Wildman–Crippen LogP) is 3.72. The predicted molar refractivity (Wildman–Crippen MR) is 70.2 cm³/mol. The lowest BCUT2D eigenvalue weighted by Gasteiger charge is -2.12. The minimum absolute atomic E-state index is 0.319. The number of rotatable bonds is 11. The van der Waals surface area contributed by atoms with Crippen LogP contribution in [-0.2, 0) is 9.53 Å². The quantitative estimate of drug-likeness (QED) is 0.563. The Morgan fingerprint density at radius 1 is 1.18 bits per heavy atom. The monoisotopic (exact) mass is 244 g/mol. The maximum atomic E-state index is 11.0. The summed E-state index contributed by atoms with van der Waals surface area (Å²) in [5.74, 6) is -0.288. The van der Waals surface area contributed by atoms with Gasteiger partial charge in [0, 0.05) is 6.61 Å². The molecule has 1 N–H and O–H groups in total. The van der Waals surface area contributed by atoms with Crippen LogP contribution in [0.5, 0.6) is 0 Å². The zero-order valence-corrected chi connectivity index (χ0v) is 11.6. The smallest absolute Gasteiger partial charge is 0.308 e. The highest BCUT2D eigenvalue weighted by Crippen LogP contribution is 2.14. The summed E-state index contributed by atoms with van der Waals surface area (Å²) in [6.45, 7) is 7.50. The molecule has 0 aliphatic carbocycles. The Hall–Kier alpha value is -0.570. The molecule has 0 aromatic carbocycles. The molecule has 0 aromatic rings. The standard InChI is InChI=1S/C14H28O3/c1-4-10-17-11-13(14(15)16)9-7-5-6-8-12(2)3/h12-13H,4-11H2,1-3H3,(H,15,16). The summed E-state index contributed by atoms with van der Waals surface area (Å²) >= 11 is 0. The largest absolute Gasteiger partial charge is 0.481 e. The van der Waals surface area contributed by atoms with Crippen molar-refractivity contribution in [3.05, 3.63) is 0 Å². The number of unbranched alkanes of at least 4 members (excludes halogenated alkanes) is 2. The normalized spacial score (nSPS) is 12.9. The third-order valence-corrected chi connectivity index (χ3v) is 2.85. The van der Waals surface area contributed by atoms with Crippen molar-refractivity contribution in [2.45, 2.75) is 59.3 Å². The molecule has 0 saturated heterocycles. The van der Waals surface area contributed by atoms with E-state index in [0.717, 1.165) is 31.6 Å². The van der Waals surface area contributed by atoms with E-state index in [4.69, 9.17) is 9.84 Å². The Bertz CT molecular complexity index is 190. The molecule has 0 spiro atoms. The van der Waals surface area contributed by atoms with Gasteiger partial charge in [-0.1, -0.05) is 46.5 Å². The fourth-order valence-corrected chi connectivity index (χ4v) is 1.77. The molecule has 3 nitrogen and oxygen atoms in total. The van der Waals surface area contributed by atoms with Crippen molar-refractivity contribution in [2.75, 3.05) is 13.2 Å². The van der Waals surface area contributed by atoms with Crippen LogP contribution in [-0.4, -0.2) is 24.3 Å². The third-order valence-electron chi connectivity index (χ3n) is 2.85. The summed E-state index contributed by atoms with van der Waals surface area (Å²) < 4.78 is 5.32. The van der Waals surface area contributed by atoms with Gasteiger partial charge in [-0.05, 0) is 18.8 Å². The number of hydrogen-bond acceptors (Lipinski definition) is 2. The number of carboxylic acid groups (broad SMARTS) is 1. The molecular formula is C14H28O3. The molecule has 0 heterocycles. The molecule has 3 heteroatoms. The van der Waals surface area contributed by atoms with Crippen LogP contribution in [0, 0.1) is 11.8 Å². The molecule has 1 unspecified atom stereocenters. The van der Waals surface area contributed by atoms with E-state index in [-0.39, 0.29) is 5.92 Å². The zero-order chi connectivity index (χ0) is 13.1. The molecule has 17 heavy (non-hydrogen) atoms. The van der Waals surface area contributed by atoms with Gasteiger partial charge in [0.2, 0.25) is 0 Å². The zero-order valence-electron chi connectivity index (χ0n) is 11.6. The van der Waals surface area contributed by atoms with Crippen LogP contribution >= 0.6 is 0 Å². The first-order chi connectivity index (χ1) is 8.07. The summed E-state index contributed by atoms with van der Waals surface area (Å²) in [5, 5.41) is 9.04. The third kappa shape index (κ3) is 10.3. The highest BCUT2D eigenvalue weighted by molar-refractivity contribution is 5.70. The minimum atomic E-state index is -0.718. The van der Waals surface area contributed by atoms with Crippen molar-refractivity contribution in [3.63, 3.8) is 0 Å². The van der Waals surface area contributed by atoms with Gasteiger partial charge in [0.15, 0.2) is 0 Å². The summed E-state index contributed by atoms with van der Waals surface area (Å²) in [6.07, 6.45) is 6.27. The average Bonchev–Trinajstić information content (AvgIpc) is 2.25. The Morgan fingerprint density at radius 2 is 1.82 bits per heavy atom. The van der Waals surface area contributed by atoms with Gasteiger partial charge in [0.25, 0.3) is 0 Å². The summed E-state index contributed by atoms with van der Waals surface area (Å²) in [6, 6.07) is 0. The van der Waals surface area contributed by atoms with Crippen molar-refractivity contribution in [1.29, 1.82) is 0 Å². The van der Waals surface area contributed by atoms with Gasteiger partial charge in [-0.2, -0.15) is 0 Å². The highest BCUT2D eigenvalue weighted by Gasteiger charge is 2.16. The Kier molecular flexibility index (Phi) is 10.2. The van der Waals surface area contributed by atoms with E-state index in [9.17, 15) is 4.79 Å². The van der Waals surface area contributed by atoms with Crippen molar-refractivity contribution in [2.24, 2.45) is 11.8 Å². The van der Waals surface area contributed by atoms with Crippen molar-refractivity contribution in [3.8, 4) is 0 Å². The number of carboxylic acids is 1. The van der Waals surface area contributed by atoms with Gasteiger partial charge in [-0.3, -0.25) is 4.79 Å². The van der Waals surface area contributed by atoms with Crippen molar-refractivity contribution < 1.29 is 14.6 Å². The van der Waals surface area contributed by atoms with E-state index in [1.165, 1.54) is 12.8 Å². The van der Waals surface area contributed by atoms with E-state index in [0.29, 0.717) is 13.2 Å². The molecule has 0 aromatic heterocycles. The molecule has 0 aliphatic heterocycles. The van der Waals surface area contributed by atoms with Gasteiger partial charge >= 0.3 is 5.97 Å². The highest BCUT2D eigenvalue weighted by atomic mass is 16.5. The summed E-state index contributed by atoms with van der Waals surface area (Å²) in [4.78, 5) is 11.0. The maximum absolute atomic E-state index is 11.0. The van der Waals surface area contributed by atoms with Gasteiger partial charge in [-0.15, -0.1) is 0 Å². The van der Waals surface area contributed by atoms with Gasteiger partial charge < -0.3 is 9.84 Å². The van der Waals surface area contributed by atoms with E-state index < -0.39 is 5.97 Å². The lowest BCUT2D eigenvalue weighted by Crippen LogP contribution is -2.20. The van der Waals surface area contributed by atoms with Gasteiger partial charge in [-0.25, -0.2) is 0 Å². The Labute approximate surface area is 106 Å². The van der Waals surface area contributed by atoms with Crippen LogP contribution in [0.3, 0.4) is 0 Å². The fourth-order valence-electron chi connectivity index (χ4n) is 1.77.